The summed E-state index contributed by atoms with van der Waals surface area (Å²) in [6, 6.07) is 8.76. The van der Waals surface area contributed by atoms with Gasteiger partial charge in [0.2, 0.25) is 5.91 Å². The first-order valence-electron chi connectivity index (χ1n) is 6.49. The van der Waals surface area contributed by atoms with Gasteiger partial charge in [0.15, 0.2) is 5.22 Å². The fourth-order valence-corrected chi connectivity index (χ4v) is 2.56. The molecule has 0 saturated heterocycles. The number of furan rings is 1. The second-order valence-electron chi connectivity index (χ2n) is 4.86. The molecule has 1 atom stereocenters. The van der Waals surface area contributed by atoms with E-state index in [0.29, 0.717) is 12.2 Å². The highest BCUT2D eigenvalue weighted by Crippen LogP contribution is 2.30. The maximum absolute atomic E-state index is 11.5. The van der Waals surface area contributed by atoms with Gasteiger partial charge >= 0.3 is 0 Å². The van der Waals surface area contributed by atoms with E-state index in [2.05, 4.69) is 5.32 Å². The number of hydrogen-bond acceptors (Lipinski definition) is 3. The third-order valence-corrected chi connectivity index (χ3v) is 3.64. The number of carbonyl (C=O) groups is 1. The van der Waals surface area contributed by atoms with Crippen LogP contribution in [0.15, 0.2) is 34.7 Å². The van der Waals surface area contributed by atoms with Gasteiger partial charge < -0.3 is 14.8 Å². The molecule has 1 aromatic carbocycles. The summed E-state index contributed by atoms with van der Waals surface area (Å²) >= 11 is 5.72. The third kappa shape index (κ3) is 2.57. The zero-order valence-corrected chi connectivity index (χ0v) is 11.5. The lowest BCUT2D eigenvalue weighted by Gasteiger charge is -2.12. The van der Waals surface area contributed by atoms with Crippen LogP contribution in [0.4, 0.5) is 5.69 Å². The van der Waals surface area contributed by atoms with Crippen molar-refractivity contribution in [3.63, 3.8) is 0 Å². The summed E-state index contributed by atoms with van der Waals surface area (Å²) in [7, 11) is 0. The van der Waals surface area contributed by atoms with Crippen LogP contribution in [0.3, 0.4) is 0 Å². The van der Waals surface area contributed by atoms with E-state index in [-0.39, 0.29) is 11.1 Å². The molecule has 1 aliphatic rings. The topological polar surface area (TPSA) is 62.5 Å². The van der Waals surface area contributed by atoms with Gasteiger partial charge in [0.1, 0.15) is 11.9 Å². The van der Waals surface area contributed by atoms with Gasteiger partial charge in [-0.1, -0.05) is 12.1 Å². The quantitative estimate of drug-likeness (QED) is 0.892. The molecule has 1 unspecified atom stereocenters. The summed E-state index contributed by atoms with van der Waals surface area (Å²) < 4.78 is 5.23. The van der Waals surface area contributed by atoms with E-state index < -0.39 is 6.10 Å². The molecule has 0 radical (unpaired) electrons. The molecular formula is C15H14ClNO3. The molecule has 3 rings (SSSR count). The Labute approximate surface area is 121 Å². The van der Waals surface area contributed by atoms with Gasteiger partial charge in [0.05, 0.1) is 0 Å². The third-order valence-electron chi connectivity index (χ3n) is 3.43. The van der Waals surface area contributed by atoms with Crippen LogP contribution in [-0.2, 0) is 11.2 Å². The zero-order chi connectivity index (χ0) is 14.1. The number of fused-ring (bicyclic) bond motifs is 1. The Morgan fingerprint density at radius 2 is 2.10 bits per heavy atom. The Balaban J connectivity index is 1.92. The molecule has 0 spiro atoms. The highest BCUT2D eigenvalue weighted by atomic mass is 35.5. The van der Waals surface area contributed by atoms with E-state index in [1.54, 1.807) is 18.2 Å². The standard InChI is InChI=1S/C15H14ClNO3/c16-13-7-6-12(20-13)15(19)10-4-5-11-9(8-10)2-1-3-14(18)17-11/h4-8,15,19H,1-3H2,(H,17,18). The predicted octanol–water partition coefficient (Wildman–Crippen LogP) is 3.29. The Morgan fingerprint density at radius 1 is 1.25 bits per heavy atom. The molecular weight excluding hydrogens is 278 g/mol. The molecule has 2 heterocycles. The molecule has 1 amide bonds. The van der Waals surface area contributed by atoms with E-state index in [1.165, 1.54) is 0 Å². The fourth-order valence-electron chi connectivity index (χ4n) is 2.40. The molecule has 2 N–H and O–H groups in total. The van der Waals surface area contributed by atoms with Crippen LogP contribution in [0, 0.1) is 0 Å². The summed E-state index contributed by atoms with van der Waals surface area (Å²) in [5.74, 6) is 0.447. The molecule has 4 nitrogen and oxygen atoms in total. The summed E-state index contributed by atoms with van der Waals surface area (Å²) in [5, 5.41) is 13.4. The van der Waals surface area contributed by atoms with Crippen LogP contribution in [0.1, 0.15) is 35.8 Å². The van der Waals surface area contributed by atoms with Crippen molar-refractivity contribution in [3.8, 4) is 0 Å². The molecule has 20 heavy (non-hydrogen) atoms. The van der Waals surface area contributed by atoms with Crippen LogP contribution in [0.2, 0.25) is 5.22 Å². The smallest absolute Gasteiger partial charge is 0.224 e. The number of amides is 1. The van der Waals surface area contributed by atoms with E-state index in [9.17, 15) is 9.90 Å². The van der Waals surface area contributed by atoms with Gasteiger partial charge in [-0.2, -0.15) is 0 Å². The predicted molar refractivity (Wildman–Crippen MR) is 75.8 cm³/mol. The minimum Gasteiger partial charge on any atom is -0.447 e. The zero-order valence-electron chi connectivity index (χ0n) is 10.7. The Bertz CT molecular complexity index is 650. The average molecular weight is 292 g/mol. The van der Waals surface area contributed by atoms with E-state index >= 15 is 0 Å². The maximum atomic E-state index is 11.5. The van der Waals surface area contributed by atoms with Crippen LogP contribution < -0.4 is 5.32 Å². The van der Waals surface area contributed by atoms with Gasteiger partial charge in [-0.25, -0.2) is 0 Å². The van der Waals surface area contributed by atoms with Crippen LogP contribution in [-0.4, -0.2) is 11.0 Å². The number of anilines is 1. The first-order chi connectivity index (χ1) is 9.63. The second-order valence-corrected chi connectivity index (χ2v) is 5.24. The van der Waals surface area contributed by atoms with Gasteiger partial charge in [-0.15, -0.1) is 0 Å². The Morgan fingerprint density at radius 3 is 2.85 bits per heavy atom. The van der Waals surface area contributed by atoms with Crippen LogP contribution >= 0.6 is 11.6 Å². The van der Waals surface area contributed by atoms with Crippen molar-refractivity contribution in [2.24, 2.45) is 0 Å². The lowest BCUT2D eigenvalue weighted by Crippen LogP contribution is -2.09. The number of benzene rings is 1. The lowest BCUT2D eigenvalue weighted by atomic mass is 10.0. The fraction of sp³-hybridized carbons (Fsp3) is 0.267. The minimum atomic E-state index is -0.855. The first-order valence-corrected chi connectivity index (χ1v) is 6.87. The molecule has 1 aromatic heterocycles. The van der Waals surface area contributed by atoms with Crippen molar-refractivity contribution in [2.75, 3.05) is 5.32 Å². The summed E-state index contributed by atoms with van der Waals surface area (Å²) in [6.07, 6.45) is 1.30. The van der Waals surface area contributed by atoms with Gasteiger partial charge in [-0.3, -0.25) is 4.79 Å². The second kappa shape index (κ2) is 5.31. The average Bonchev–Trinajstić information content (AvgIpc) is 2.77. The number of nitrogens with one attached hydrogen (secondary N) is 1. The van der Waals surface area contributed by atoms with E-state index in [1.807, 2.05) is 12.1 Å². The van der Waals surface area contributed by atoms with Gasteiger partial charge in [0, 0.05) is 12.1 Å². The van der Waals surface area contributed by atoms with Crippen molar-refractivity contribution in [2.45, 2.75) is 25.4 Å². The molecule has 0 fully saturated rings. The molecule has 2 aromatic rings. The van der Waals surface area contributed by atoms with E-state index in [4.69, 9.17) is 16.0 Å². The number of aliphatic hydroxyl groups is 1. The number of aryl methyl sites for hydroxylation is 1. The minimum absolute atomic E-state index is 0.0369. The number of carbonyl (C=O) groups excluding carboxylic acids is 1. The Kier molecular flexibility index (Phi) is 3.51. The van der Waals surface area contributed by atoms with Gasteiger partial charge in [0.25, 0.3) is 0 Å². The van der Waals surface area contributed by atoms with Gasteiger partial charge in [-0.05, 0) is 53.8 Å². The number of rotatable bonds is 2. The lowest BCUT2D eigenvalue weighted by molar-refractivity contribution is -0.116. The van der Waals surface area contributed by atoms with Crippen molar-refractivity contribution in [1.82, 2.24) is 0 Å². The van der Waals surface area contributed by atoms with E-state index in [0.717, 1.165) is 29.7 Å². The SMILES string of the molecule is O=C1CCCc2cc(C(O)c3ccc(Cl)o3)ccc2N1. The molecule has 104 valence electrons. The summed E-state index contributed by atoms with van der Waals surface area (Å²) in [6.45, 7) is 0. The first kappa shape index (κ1) is 13.2. The summed E-state index contributed by atoms with van der Waals surface area (Å²) in [5.41, 5.74) is 2.58. The van der Waals surface area contributed by atoms with Crippen molar-refractivity contribution < 1.29 is 14.3 Å². The maximum Gasteiger partial charge on any atom is 0.224 e. The molecule has 5 heteroatoms. The number of hydrogen-bond donors (Lipinski definition) is 2. The molecule has 0 saturated carbocycles. The molecule has 0 bridgehead atoms. The number of halogens is 1. The van der Waals surface area contributed by atoms with Crippen LogP contribution in [0.5, 0.6) is 0 Å². The normalized spacial score (nSPS) is 16.2. The molecule has 1 aliphatic heterocycles. The van der Waals surface area contributed by atoms with Crippen LogP contribution in [0.25, 0.3) is 0 Å². The highest BCUT2D eigenvalue weighted by Gasteiger charge is 2.18. The number of aliphatic hydroxyl groups excluding tert-OH is 1. The molecule has 0 aliphatic carbocycles. The highest BCUT2D eigenvalue weighted by molar-refractivity contribution is 6.28. The van der Waals surface area contributed by atoms with Crippen molar-refractivity contribution in [3.05, 3.63) is 52.4 Å². The largest absolute Gasteiger partial charge is 0.447 e. The van der Waals surface area contributed by atoms with Crippen molar-refractivity contribution in [1.29, 1.82) is 0 Å². The van der Waals surface area contributed by atoms with Crippen molar-refractivity contribution >= 4 is 23.2 Å². The monoisotopic (exact) mass is 291 g/mol. The summed E-state index contributed by atoms with van der Waals surface area (Å²) in [4.78, 5) is 11.5. The Hall–Kier alpha value is -1.78.